The lowest BCUT2D eigenvalue weighted by Crippen LogP contribution is -2.53. The number of nitrogens with zero attached hydrogens (tertiary/aromatic N) is 1. The Morgan fingerprint density at radius 2 is 1.96 bits per heavy atom. The number of sulfonamides is 1. The van der Waals surface area contributed by atoms with E-state index < -0.39 is 16.1 Å². The number of carbonyl (C=O) groups is 1. The molecule has 1 aromatic carbocycles. The molecule has 154 valence electrons. The fraction of sp³-hybridized carbons (Fsp3) is 0.667. The number of ether oxygens (including phenoxy) is 1. The van der Waals surface area contributed by atoms with Gasteiger partial charge in [-0.1, -0.05) is 33.3 Å². The van der Waals surface area contributed by atoms with Crippen LogP contribution in [0.2, 0.25) is 0 Å². The first-order valence-corrected chi connectivity index (χ1v) is 12.0. The number of benzene rings is 1. The summed E-state index contributed by atoms with van der Waals surface area (Å²) in [4.78, 5) is 12.9. The summed E-state index contributed by atoms with van der Waals surface area (Å²) >= 11 is 0. The highest BCUT2D eigenvalue weighted by molar-refractivity contribution is 7.92. The zero-order chi connectivity index (χ0) is 20.3. The molecule has 2 aliphatic carbocycles. The van der Waals surface area contributed by atoms with Gasteiger partial charge in [0.25, 0.3) is 5.91 Å². The number of hydrogen-bond acceptors (Lipinski definition) is 4. The van der Waals surface area contributed by atoms with E-state index in [9.17, 15) is 13.2 Å². The molecule has 28 heavy (non-hydrogen) atoms. The Morgan fingerprint density at radius 3 is 2.54 bits per heavy atom. The van der Waals surface area contributed by atoms with Crippen LogP contribution >= 0.6 is 0 Å². The van der Waals surface area contributed by atoms with E-state index in [1.165, 1.54) is 29.8 Å². The van der Waals surface area contributed by atoms with Crippen molar-refractivity contribution in [2.75, 3.05) is 17.1 Å². The predicted molar refractivity (Wildman–Crippen MR) is 109 cm³/mol. The van der Waals surface area contributed by atoms with E-state index in [2.05, 4.69) is 26.1 Å². The molecule has 1 amide bonds. The molecule has 7 heteroatoms. The molecule has 1 aromatic rings. The van der Waals surface area contributed by atoms with Gasteiger partial charge in [0.15, 0.2) is 6.10 Å². The smallest absolute Gasteiger partial charge is 0.263 e. The maximum absolute atomic E-state index is 12.9. The lowest BCUT2D eigenvalue weighted by molar-refractivity contribution is -0.128. The topological polar surface area (TPSA) is 75.7 Å². The molecule has 4 rings (SSSR count). The molecule has 4 atom stereocenters. The van der Waals surface area contributed by atoms with Crippen LogP contribution in [0.1, 0.15) is 52.0 Å². The molecule has 4 unspecified atom stereocenters. The van der Waals surface area contributed by atoms with Crippen molar-refractivity contribution in [1.29, 1.82) is 0 Å². The average molecular weight is 407 g/mol. The zero-order valence-electron chi connectivity index (χ0n) is 17.1. The second-order valence-electron chi connectivity index (χ2n) is 9.62. The third-order valence-corrected chi connectivity index (χ3v) is 7.60. The summed E-state index contributed by atoms with van der Waals surface area (Å²) in [6.07, 6.45) is 5.02. The Kier molecular flexibility index (Phi) is 4.64. The Labute approximate surface area is 167 Å². The first-order valence-electron chi connectivity index (χ1n) is 10.1. The number of amides is 1. The van der Waals surface area contributed by atoms with Gasteiger partial charge in [-0.15, -0.1) is 0 Å². The zero-order valence-corrected chi connectivity index (χ0v) is 17.9. The van der Waals surface area contributed by atoms with Gasteiger partial charge >= 0.3 is 0 Å². The molecular weight excluding hydrogens is 376 g/mol. The van der Waals surface area contributed by atoms with Gasteiger partial charge in [0, 0.05) is 6.04 Å². The van der Waals surface area contributed by atoms with Gasteiger partial charge in [0.1, 0.15) is 5.75 Å². The lowest BCUT2D eigenvalue weighted by atomic mass is 9.86. The Bertz CT molecular complexity index is 890. The fourth-order valence-corrected chi connectivity index (χ4v) is 5.77. The fourth-order valence-electron chi connectivity index (χ4n) is 4.87. The van der Waals surface area contributed by atoms with Crippen molar-refractivity contribution in [2.45, 2.75) is 64.0 Å². The van der Waals surface area contributed by atoms with Crippen LogP contribution in [0, 0.1) is 11.8 Å². The van der Waals surface area contributed by atoms with Crippen LogP contribution in [0.15, 0.2) is 18.2 Å². The average Bonchev–Trinajstić information content (AvgIpc) is 3.21. The number of nitrogens with one attached hydrogen (secondary N) is 1. The van der Waals surface area contributed by atoms with Crippen LogP contribution in [0.3, 0.4) is 0 Å². The van der Waals surface area contributed by atoms with Crippen LogP contribution in [0.4, 0.5) is 5.69 Å². The third kappa shape index (κ3) is 3.61. The van der Waals surface area contributed by atoms with Crippen molar-refractivity contribution in [1.82, 2.24) is 5.32 Å². The molecule has 1 heterocycles. The van der Waals surface area contributed by atoms with Crippen LogP contribution in [-0.4, -0.2) is 39.3 Å². The highest BCUT2D eigenvalue weighted by Gasteiger charge is 2.42. The lowest BCUT2D eigenvalue weighted by Gasteiger charge is -2.36. The van der Waals surface area contributed by atoms with Gasteiger partial charge in [-0.25, -0.2) is 8.42 Å². The largest absolute Gasteiger partial charge is 0.476 e. The van der Waals surface area contributed by atoms with E-state index in [0.717, 1.165) is 17.9 Å². The van der Waals surface area contributed by atoms with Gasteiger partial charge < -0.3 is 10.1 Å². The van der Waals surface area contributed by atoms with Crippen molar-refractivity contribution in [2.24, 2.45) is 11.8 Å². The molecule has 6 nitrogen and oxygen atoms in total. The molecule has 1 aliphatic heterocycles. The maximum Gasteiger partial charge on any atom is 0.263 e. The summed E-state index contributed by atoms with van der Waals surface area (Å²) < 4.78 is 32.2. The highest BCUT2D eigenvalue weighted by Crippen LogP contribution is 2.44. The molecule has 3 aliphatic rings. The molecule has 2 bridgehead atoms. The quantitative estimate of drug-likeness (QED) is 0.838. The van der Waals surface area contributed by atoms with Crippen molar-refractivity contribution in [3.8, 4) is 5.75 Å². The highest BCUT2D eigenvalue weighted by atomic mass is 32.2. The molecular formula is C21H30N2O4S. The first-order chi connectivity index (χ1) is 13.0. The van der Waals surface area contributed by atoms with Gasteiger partial charge in [0.05, 0.1) is 18.5 Å². The van der Waals surface area contributed by atoms with Crippen LogP contribution in [-0.2, 0) is 20.2 Å². The van der Waals surface area contributed by atoms with Crippen molar-refractivity contribution < 1.29 is 17.9 Å². The summed E-state index contributed by atoms with van der Waals surface area (Å²) in [6.45, 7) is 6.24. The van der Waals surface area contributed by atoms with Gasteiger partial charge in [-0.05, 0) is 54.2 Å². The monoisotopic (exact) mass is 406 g/mol. The number of hydrogen-bond donors (Lipinski definition) is 1. The minimum atomic E-state index is -3.53. The van der Waals surface area contributed by atoms with E-state index >= 15 is 0 Å². The van der Waals surface area contributed by atoms with Gasteiger partial charge in [-0.2, -0.15) is 0 Å². The first kappa shape index (κ1) is 19.6. The van der Waals surface area contributed by atoms with Crippen LogP contribution < -0.4 is 14.4 Å². The molecule has 2 saturated carbocycles. The third-order valence-electron chi connectivity index (χ3n) is 6.45. The predicted octanol–water partition coefficient (Wildman–Crippen LogP) is 2.82. The summed E-state index contributed by atoms with van der Waals surface area (Å²) in [5.41, 5.74) is 1.42. The van der Waals surface area contributed by atoms with E-state index in [4.69, 9.17) is 4.74 Å². The molecule has 2 fully saturated rings. The number of rotatable bonds is 3. The van der Waals surface area contributed by atoms with Gasteiger partial charge in [0.2, 0.25) is 10.0 Å². The van der Waals surface area contributed by atoms with Crippen molar-refractivity contribution in [3.63, 3.8) is 0 Å². The molecule has 1 N–H and O–H groups in total. The Balaban J connectivity index is 1.58. The van der Waals surface area contributed by atoms with Crippen molar-refractivity contribution >= 4 is 21.6 Å². The van der Waals surface area contributed by atoms with E-state index in [1.54, 1.807) is 6.07 Å². The number of carbonyl (C=O) groups excluding carboxylic acids is 1. The molecule has 0 saturated heterocycles. The van der Waals surface area contributed by atoms with Crippen LogP contribution in [0.5, 0.6) is 5.75 Å². The SMILES string of the molecule is CC(C)(C)c1ccc2c(c1)N(S(C)(=O)=O)CC(C(=O)NC1CC3CCC1C3)O2. The van der Waals surface area contributed by atoms with E-state index in [1.807, 2.05) is 12.1 Å². The number of fused-ring (bicyclic) bond motifs is 3. The molecule has 0 radical (unpaired) electrons. The second kappa shape index (κ2) is 6.65. The number of anilines is 1. The van der Waals surface area contributed by atoms with E-state index in [0.29, 0.717) is 17.4 Å². The Morgan fingerprint density at radius 1 is 1.21 bits per heavy atom. The summed E-state index contributed by atoms with van der Waals surface area (Å²) in [5, 5.41) is 3.13. The maximum atomic E-state index is 12.9. The summed E-state index contributed by atoms with van der Waals surface area (Å²) in [7, 11) is -3.53. The minimum absolute atomic E-state index is 0.00603. The van der Waals surface area contributed by atoms with Crippen LogP contribution in [0.25, 0.3) is 0 Å². The van der Waals surface area contributed by atoms with Crippen molar-refractivity contribution in [3.05, 3.63) is 23.8 Å². The summed E-state index contributed by atoms with van der Waals surface area (Å²) in [5.74, 6) is 1.52. The molecule has 0 spiro atoms. The standard InChI is InChI=1S/C21H30N2O4S/c1-21(2,3)15-7-8-18-17(11-15)23(28(4,25)26)12-19(27-18)20(24)22-16-10-13-5-6-14(16)9-13/h7-8,11,13-14,16,19H,5-6,9-10,12H2,1-4H3,(H,22,24). The second-order valence-corrected chi connectivity index (χ2v) is 11.5. The minimum Gasteiger partial charge on any atom is -0.476 e. The summed E-state index contributed by atoms with van der Waals surface area (Å²) in [6, 6.07) is 5.78. The van der Waals surface area contributed by atoms with Gasteiger partial charge in [-0.3, -0.25) is 9.10 Å². The molecule has 0 aromatic heterocycles. The van der Waals surface area contributed by atoms with E-state index in [-0.39, 0.29) is 23.9 Å². The normalized spacial score (nSPS) is 29.4. The Hall–Kier alpha value is -1.76.